The zero-order chi connectivity index (χ0) is 21.6. The van der Waals surface area contributed by atoms with Crippen LogP contribution < -0.4 is 15.4 Å². The molecule has 1 aliphatic heterocycles. The van der Waals surface area contributed by atoms with E-state index in [1.54, 1.807) is 12.1 Å². The van der Waals surface area contributed by atoms with Gasteiger partial charge in [0.15, 0.2) is 12.1 Å². The molecule has 1 atom stereocenters. The predicted octanol–water partition coefficient (Wildman–Crippen LogP) is 5.21. The number of hydrogen-bond acceptors (Lipinski definition) is 5. The first-order chi connectivity index (χ1) is 15.2. The molecule has 1 amide bonds. The molecule has 1 aliphatic rings. The van der Waals surface area contributed by atoms with E-state index in [1.807, 2.05) is 67.6 Å². The van der Waals surface area contributed by atoms with Crippen LogP contribution in [-0.4, -0.2) is 22.1 Å². The summed E-state index contributed by atoms with van der Waals surface area (Å²) >= 11 is 0. The van der Waals surface area contributed by atoms with Gasteiger partial charge in [0.25, 0.3) is 5.91 Å². The molecule has 0 aliphatic carbocycles. The van der Waals surface area contributed by atoms with Crippen molar-refractivity contribution in [3.05, 3.63) is 103 Å². The van der Waals surface area contributed by atoms with Crippen molar-refractivity contribution in [2.75, 3.05) is 10.6 Å². The minimum atomic E-state index is -0.325. The number of rotatable bonds is 6. The highest BCUT2D eigenvalue weighted by Gasteiger charge is 2.24. The van der Waals surface area contributed by atoms with Gasteiger partial charge in [0.2, 0.25) is 0 Å². The average molecular weight is 410 g/mol. The lowest BCUT2D eigenvalue weighted by molar-refractivity contribution is 0.102. The number of carbonyl (C=O) groups is 1. The monoisotopic (exact) mass is 410 g/mol. The Labute approximate surface area is 181 Å². The molecule has 2 heterocycles. The van der Waals surface area contributed by atoms with E-state index in [-0.39, 0.29) is 12.1 Å². The molecule has 0 spiro atoms. The van der Waals surface area contributed by atoms with E-state index in [0.717, 1.165) is 16.8 Å². The van der Waals surface area contributed by atoms with E-state index in [1.165, 1.54) is 12.4 Å². The maximum Gasteiger partial charge on any atom is 0.258 e. The third-order valence-electron chi connectivity index (χ3n) is 4.73. The van der Waals surface area contributed by atoms with Crippen LogP contribution in [0.5, 0.6) is 5.75 Å². The fourth-order valence-corrected chi connectivity index (χ4v) is 3.13. The molecule has 6 heteroatoms. The van der Waals surface area contributed by atoms with Gasteiger partial charge in [-0.2, -0.15) is 0 Å². The van der Waals surface area contributed by atoms with E-state index in [2.05, 4.69) is 27.2 Å². The van der Waals surface area contributed by atoms with Crippen molar-refractivity contribution in [2.24, 2.45) is 0 Å². The van der Waals surface area contributed by atoms with Gasteiger partial charge in [-0.3, -0.25) is 4.79 Å². The molecule has 2 aromatic carbocycles. The highest BCUT2D eigenvalue weighted by molar-refractivity contribution is 6.04. The van der Waals surface area contributed by atoms with Crippen LogP contribution in [0, 0.1) is 0 Å². The summed E-state index contributed by atoms with van der Waals surface area (Å²) in [5.74, 6) is 1.01. The second-order valence-electron chi connectivity index (χ2n) is 6.87. The van der Waals surface area contributed by atoms with Crippen molar-refractivity contribution in [3.8, 4) is 17.1 Å². The Kier molecular flexibility index (Phi) is 5.89. The number of fused-ring (bicyclic) bond motifs is 1. The summed E-state index contributed by atoms with van der Waals surface area (Å²) in [6.45, 7) is 5.79. The summed E-state index contributed by atoms with van der Waals surface area (Å²) < 4.78 is 5.94. The highest BCUT2D eigenvalue weighted by Crippen LogP contribution is 2.36. The van der Waals surface area contributed by atoms with E-state index < -0.39 is 0 Å². The fraction of sp³-hybridized carbons (Fsp3) is 0.0800. The third kappa shape index (κ3) is 4.53. The van der Waals surface area contributed by atoms with Crippen LogP contribution in [0.3, 0.4) is 0 Å². The van der Waals surface area contributed by atoms with E-state index in [9.17, 15) is 4.79 Å². The van der Waals surface area contributed by atoms with Gasteiger partial charge in [-0.05, 0) is 25.1 Å². The lowest BCUT2D eigenvalue weighted by Gasteiger charge is -2.11. The molecule has 0 bridgehead atoms. The van der Waals surface area contributed by atoms with Crippen LogP contribution in [-0.2, 0) is 0 Å². The number of nitrogens with zero attached hydrogens (tertiary/aromatic N) is 2. The van der Waals surface area contributed by atoms with Crippen molar-refractivity contribution in [3.63, 3.8) is 0 Å². The van der Waals surface area contributed by atoms with Crippen LogP contribution in [0.25, 0.3) is 11.4 Å². The van der Waals surface area contributed by atoms with Crippen molar-refractivity contribution in [1.29, 1.82) is 0 Å². The Bertz CT molecular complexity index is 1150. The van der Waals surface area contributed by atoms with Crippen LogP contribution in [0.2, 0.25) is 0 Å². The summed E-state index contributed by atoms with van der Waals surface area (Å²) in [6.07, 6.45) is 10.3. The van der Waals surface area contributed by atoms with Crippen molar-refractivity contribution in [1.82, 2.24) is 9.97 Å². The van der Waals surface area contributed by atoms with Crippen LogP contribution in [0.15, 0.2) is 97.4 Å². The van der Waals surface area contributed by atoms with E-state index >= 15 is 0 Å². The van der Waals surface area contributed by atoms with Crippen molar-refractivity contribution < 1.29 is 9.53 Å². The van der Waals surface area contributed by atoms with Gasteiger partial charge in [0.05, 0.1) is 11.3 Å². The van der Waals surface area contributed by atoms with Gasteiger partial charge in [0, 0.05) is 29.2 Å². The molecule has 3 aromatic rings. The molecule has 0 radical (unpaired) electrons. The minimum Gasteiger partial charge on any atom is -0.464 e. The van der Waals surface area contributed by atoms with Gasteiger partial charge in [-0.15, -0.1) is 0 Å². The molecule has 1 unspecified atom stereocenters. The van der Waals surface area contributed by atoms with E-state index in [0.29, 0.717) is 22.8 Å². The molecular weight excluding hydrogens is 388 g/mol. The van der Waals surface area contributed by atoms with Crippen molar-refractivity contribution >= 4 is 17.3 Å². The number of carbonyl (C=O) groups excluding carboxylic acids is 1. The molecule has 4 rings (SSSR count). The Morgan fingerprint density at radius 2 is 1.94 bits per heavy atom. The topological polar surface area (TPSA) is 76.1 Å². The molecule has 2 N–H and O–H groups in total. The average Bonchev–Trinajstić information content (AvgIpc) is 3.23. The molecule has 1 aromatic heterocycles. The molecule has 154 valence electrons. The highest BCUT2D eigenvalue weighted by atomic mass is 16.5. The number of allylic oxidation sites excluding steroid dienone is 3. The number of ether oxygens (including phenoxy) is 1. The number of nitrogens with one attached hydrogen (secondary N) is 2. The van der Waals surface area contributed by atoms with Gasteiger partial charge >= 0.3 is 0 Å². The Morgan fingerprint density at radius 3 is 2.65 bits per heavy atom. The zero-order valence-corrected chi connectivity index (χ0v) is 17.1. The second-order valence-corrected chi connectivity index (χ2v) is 6.87. The van der Waals surface area contributed by atoms with Gasteiger partial charge < -0.3 is 15.4 Å². The van der Waals surface area contributed by atoms with Crippen LogP contribution in [0.1, 0.15) is 17.3 Å². The lowest BCUT2D eigenvalue weighted by Crippen LogP contribution is -2.21. The number of amides is 1. The first-order valence-corrected chi connectivity index (χ1v) is 9.89. The predicted molar refractivity (Wildman–Crippen MR) is 123 cm³/mol. The fourth-order valence-electron chi connectivity index (χ4n) is 3.13. The maximum atomic E-state index is 12.6. The van der Waals surface area contributed by atoms with Crippen LogP contribution in [0.4, 0.5) is 11.4 Å². The van der Waals surface area contributed by atoms with E-state index in [4.69, 9.17) is 4.74 Å². The Balaban J connectivity index is 1.45. The second kappa shape index (κ2) is 9.09. The SMILES string of the molecule is C=C/C(=C\C=C/C)C1Nc2cc(NC(=O)c3cnc(-c4ccccc4)nc3)ccc2O1. The molecule has 31 heavy (non-hydrogen) atoms. The zero-order valence-electron chi connectivity index (χ0n) is 17.1. The summed E-state index contributed by atoms with van der Waals surface area (Å²) in [4.78, 5) is 21.2. The summed E-state index contributed by atoms with van der Waals surface area (Å²) in [7, 11) is 0. The minimum absolute atomic E-state index is 0.283. The number of hydrogen-bond donors (Lipinski definition) is 2. The van der Waals surface area contributed by atoms with Gasteiger partial charge in [-0.25, -0.2) is 9.97 Å². The maximum absolute atomic E-state index is 12.6. The number of benzene rings is 2. The van der Waals surface area contributed by atoms with Gasteiger partial charge in [-0.1, -0.05) is 61.2 Å². The summed E-state index contributed by atoms with van der Waals surface area (Å²) in [5, 5.41) is 6.18. The van der Waals surface area contributed by atoms with Crippen molar-refractivity contribution in [2.45, 2.75) is 13.2 Å². The lowest BCUT2D eigenvalue weighted by atomic mass is 10.2. The molecule has 0 saturated heterocycles. The van der Waals surface area contributed by atoms with Crippen LogP contribution >= 0.6 is 0 Å². The first-order valence-electron chi connectivity index (χ1n) is 9.89. The molecule has 0 saturated carbocycles. The smallest absolute Gasteiger partial charge is 0.258 e. The largest absolute Gasteiger partial charge is 0.464 e. The Morgan fingerprint density at radius 1 is 1.16 bits per heavy atom. The first kappa shape index (κ1) is 20.1. The summed E-state index contributed by atoms with van der Waals surface area (Å²) in [5.41, 5.74) is 3.63. The molecular formula is C25H22N4O2. The number of aromatic nitrogens is 2. The third-order valence-corrected chi connectivity index (χ3v) is 4.73. The summed E-state index contributed by atoms with van der Waals surface area (Å²) in [6, 6.07) is 15.1. The molecule has 0 fully saturated rings. The normalized spacial score (nSPS) is 15.1. The standard InChI is InChI=1S/C25H22N4O2/c1-3-5-9-17(4-2)25-29-21-14-20(12-13-22(21)31-25)28-24(30)19-15-26-23(27-16-19)18-10-7-6-8-11-18/h3-16,25,29H,2H2,1H3,(H,28,30)/b5-3-,17-9+. The Hall–Kier alpha value is -4.19. The quantitative estimate of drug-likeness (QED) is 0.545. The number of anilines is 2. The van der Waals surface area contributed by atoms with Gasteiger partial charge in [0.1, 0.15) is 5.75 Å². The molecule has 6 nitrogen and oxygen atoms in total.